The summed E-state index contributed by atoms with van der Waals surface area (Å²) in [5.41, 5.74) is 12.9. The lowest BCUT2D eigenvalue weighted by Gasteiger charge is -2.29. The van der Waals surface area contributed by atoms with Gasteiger partial charge in [-0.15, -0.1) is 0 Å². The van der Waals surface area contributed by atoms with E-state index in [1.165, 1.54) is 11.1 Å². The van der Waals surface area contributed by atoms with E-state index in [0.29, 0.717) is 18.0 Å². The molecule has 0 unspecified atom stereocenters. The van der Waals surface area contributed by atoms with Crippen molar-refractivity contribution in [1.82, 2.24) is 15.0 Å². The van der Waals surface area contributed by atoms with Crippen molar-refractivity contribution < 1.29 is 4.74 Å². The molecule has 3 N–H and O–H groups in total. The fourth-order valence-electron chi connectivity index (χ4n) is 4.23. The van der Waals surface area contributed by atoms with Crippen LogP contribution in [-0.2, 0) is 6.42 Å². The van der Waals surface area contributed by atoms with Crippen molar-refractivity contribution in [2.45, 2.75) is 64.0 Å². The fourth-order valence-corrected chi connectivity index (χ4v) is 4.23. The highest BCUT2D eigenvalue weighted by atomic mass is 16.5. The van der Waals surface area contributed by atoms with Crippen LogP contribution in [0.1, 0.15) is 56.7 Å². The Balaban J connectivity index is 1.74. The zero-order valence-corrected chi connectivity index (χ0v) is 16.7. The highest BCUT2D eigenvalue weighted by Crippen LogP contribution is 2.39. The Bertz CT molecular complexity index is 871. The summed E-state index contributed by atoms with van der Waals surface area (Å²) in [6, 6.07) is 2.64. The smallest absolute Gasteiger partial charge is 0.216 e. The molecule has 2 heterocycles. The third-order valence-corrected chi connectivity index (χ3v) is 5.76. The molecule has 148 valence electrons. The van der Waals surface area contributed by atoms with Crippen LogP contribution in [0.15, 0.2) is 24.2 Å². The first-order chi connectivity index (χ1) is 13.7. The van der Waals surface area contributed by atoms with Crippen LogP contribution in [-0.4, -0.2) is 34.1 Å². The van der Waals surface area contributed by atoms with E-state index in [1.807, 2.05) is 12.3 Å². The van der Waals surface area contributed by atoms with Gasteiger partial charge in [0.15, 0.2) is 0 Å². The molecule has 1 saturated carbocycles. The fraction of sp³-hybridized carbons (Fsp3) is 0.500. The van der Waals surface area contributed by atoms with Gasteiger partial charge < -0.3 is 15.8 Å². The first kappa shape index (κ1) is 18.9. The molecule has 1 fully saturated rings. The molecular formula is C22H29N5O. The molecule has 0 radical (unpaired) electrons. The molecule has 0 bridgehead atoms. The van der Waals surface area contributed by atoms with E-state index < -0.39 is 0 Å². The van der Waals surface area contributed by atoms with E-state index in [0.717, 1.165) is 67.6 Å². The van der Waals surface area contributed by atoms with E-state index in [-0.39, 0.29) is 0 Å². The van der Waals surface area contributed by atoms with Gasteiger partial charge in [0.1, 0.15) is 6.33 Å². The lowest BCUT2D eigenvalue weighted by Crippen LogP contribution is -2.33. The van der Waals surface area contributed by atoms with Gasteiger partial charge in [-0.1, -0.05) is 25.0 Å². The minimum Gasteiger partial charge on any atom is -0.481 e. The van der Waals surface area contributed by atoms with Gasteiger partial charge in [-0.3, -0.25) is 4.98 Å². The van der Waals surface area contributed by atoms with Crippen molar-refractivity contribution in [3.63, 3.8) is 0 Å². The van der Waals surface area contributed by atoms with Crippen LogP contribution in [0, 0.1) is 0 Å². The highest BCUT2D eigenvalue weighted by Gasteiger charge is 2.25. The molecule has 0 aromatic carbocycles. The van der Waals surface area contributed by atoms with Crippen molar-refractivity contribution in [3.05, 3.63) is 35.4 Å². The molecule has 0 saturated heterocycles. The van der Waals surface area contributed by atoms with Gasteiger partial charge in [-0.25, -0.2) is 9.97 Å². The van der Waals surface area contributed by atoms with Crippen molar-refractivity contribution >= 4 is 11.8 Å². The monoisotopic (exact) mass is 379 g/mol. The maximum atomic E-state index is 6.11. The quantitative estimate of drug-likeness (QED) is 0.790. The summed E-state index contributed by atoms with van der Waals surface area (Å²) in [6.07, 6.45) is 13.3. The van der Waals surface area contributed by atoms with Crippen molar-refractivity contribution in [2.75, 3.05) is 12.4 Å². The summed E-state index contributed by atoms with van der Waals surface area (Å²) in [7, 11) is 1.62. The number of nitrogens with zero attached hydrogens (tertiary/aromatic N) is 3. The van der Waals surface area contributed by atoms with Crippen LogP contribution < -0.4 is 15.8 Å². The lowest BCUT2D eigenvalue weighted by atomic mass is 9.91. The molecule has 0 aliphatic heterocycles. The number of rotatable bonds is 6. The molecule has 2 aromatic heterocycles. The lowest BCUT2D eigenvalue weighted by molar-refractivity contribution is 0.397. The molecule has 2 aliphatic rings. The van der Waals surface area contributed by atoms with Gasteiger partial charge in [0.2, 0.25) is 5.88 Å². The van der Waals surface area contributed by atoms with Crippen LogP contribution in [0.2, 0.25) is 0 Å². The van der Waals surface area contributed by atoms with Gasteiger partial charge in [0.05, 0.1) is 24.2 Å². The van der Waals surface area contributed by atoms with Crippen molar-refractivity contribution in [2.24, 2.45) is 5.73 Å². The van der Waals surface area contributed by atoms with Crippen LogP contribution >= 0.6 is 0 Å². The molecule has 6 nitrogen and oxygen atoms in total. The number of hydrogen-bond donors (Lipinski definition) is 2. The number of ether oxygens (including phenoxy) is 1. The predicted octanol–water partition coefficient (Wildman–Crippen LogP) is 3.97. The van der Waals surface area contributed by atoms with Crippen molar-refractivity contribution in [3.8, 4) is 17.1 Å². The summed E-state index contributed by atoms with van der Waals surface area (Å²) >= 11 is 0. The molecule has 0 spiro atoms. The maximum absolute atomic E-state index is 6.11. The van der Waals surface area contributed by atoms with E-state index >= 15 is 0 Å². The Morgan fingerprint density at radius 1 is 1.18 bits per heavy atom. The largest absolute Gasteiger partial charge is 0.481 e. The summed E-state index contributed by atoms with van der Waals surface area (Å²) in [4.78, 5) is 13.4. The summed E-state index contributed by atoms with van der Waals surface area (Å²) in [5.74, 6) is 0.558. The number of allylic oxidation sites excluding steroid dienone is 1. The molecular weight excluding hydrogens is 350 g/mol. The number of anilines is 1. The second-order valence-electron chi connectivity index (χ2n) is 7.84. The Morgan fingerprint density at radius 2 is 2.00 bits per heavy atom. The van der Waals surface area contributed by atoms with Crippen LogP contribution in [0.3, 0.4) is 0 Å². The SMILES string of the molecule is CCCC1=Cc2c(ncc(-c3cc(OC)ncn3)c2NC2CCC(N)CC2)C1. The van der Waals surface area contributed by atoms with E-state index in [1.54, 1.807) is 13.4 Å². The van der Waals surface area contributed by atoms with Gasteiger partial charge in [-0.05, 0) is 32.1 Å². The molecule has 6 heteroatoms. The molecule has 4 rings (SSSR count). The number of fused-ring (bicyclic) bond motifs is 1. The minimum absolute atomic E-state index is 0.336. The molecule has 0 atom stereocenters. The van der Waals surface area contributed by atoms with E-state index in [2.05, 4.69) is 28.3 Å². The first-order valence-corrected chi connectivity index (χ1v) is 10.3. The summed E-state index contributed by atoms with van der Waals surface area (Å²) in [6.45, 7) is 2.22. The average Bonchev–Trinajstić information content (AvgIpc) is 3.13. The first-order valence-electron chi connectivity index (χ1n) is 10.3. The van der Waals surface area contributed by atoms with Crippen molar-refractivity contribution in [1.29, 1.82) is 0 Å². The summed E-state index contributed by atoms with van der Waals surface area (Å²) < 4.78 is 5.30. The van der Waals surface area contributed by atoms with E-state index in [4.69, 9.17) is 15.5 Å². The number of aromatic nitrogens is 3. The Morgan fingerprint density at radius 3 is 2.75 bits per heavy atom. The van der Waals surface area contributed by atoms with Gasteiger partial charge >= 0.3 is 0 Å². The number of pyridine rings is 1. The Hall–Kier alpha value is -2.47. The van der Waals surface area contributed by atoms with Gasteiger partial charge in [0, 0.05) is 41.9 Å². The minimum atomic E-state index is 0.336. The zero-order valence-electron chi connectivity index (χ0n) is 16.7. The molecule has 2 aliphatic carbocycles. The van der Waals surface area contributed by atoms with Crippen LogP contribution in [0.4, 0.5) is 5.69 Å². The molecule has 2 aromatic rings. The average molecular weight is 380 g/mol. The molecule has 28 heavy (non-hydrogen) atoms. The second kappa shape index (κ2) is 8.27. The molecule has 0 amide bonds. The number of methoxy groups -OCH3 is 1. The van der Waals surface area contributed by atoms with Crippen LogP contribution in [0.5, 0.6) is 5.88 Å². The normalized spacial score (nSPS) is 21.2. The van der Waals surface area contributed by atoms with Gasteiger partial charge in [0.25, 0.3) is 0 Å². The highest BCUT2D eigenvalue weighted by molar-refractivity contribution is 5.86. The van der Waals surface area contributed by atoms with E-state index in [9.17, 15) is 0 Å². The summed E-state index contributed by atoms with van der Waals surface area (Å²) in [5, 5.41) is 3.83. The predicted molar refractivity (Wildman–Crippen MR) is 112 cm³/mol. The Kier molecular flexibility index (Phi) is 5.57. The van der Waals surface area contributed by atoms with Gasteiger partial charge in [-0.2, -0.15) is 0 Å². The third-order valence-electron chi connectivity index (χ3n) is 5.76. The second-order valence-corrected chi connectivity index (χ2v) is 7.84. The van der Waals surface area contributed by atoms with Crippen LogP contribution in [0.25, 0.3) is 17.3 Å². The topological polar surface area (TPSA) is 86.0 Å². The third kappa shape index (κ3) is 3.87. The number of nitrogens with one attached hydrogen (secondary N) is 1. The number of hydrogen-bond acceptors (Lipinski definition) is 6. The standard InChI is InChI=1S/C22H29N5O/c1-3-4-14-9-17-19(10-14)24-12-18(20-11-21(28-2)26-13-25-20)22(17)27-16-7-5-15(23)6-8-16/h9,11-13,15-16H,3-8,10,23H2,1-2H3,(H,24,27). The maximum Gasteiger partial charge on any atom is 0.216 e. The Labute approximate surface area is 166 Å². The number of nitrogens with two attached hydrogens (primary N) is 1. The zero-order chi connectivity index (χ0) is 19.5.